The number of nitrogens with zero attached hydrogens (tertiary/aromatic N) is 3. The lowest BCUT2D eigenvalue weighted by Crippen LogP contribution is -2.15. The third kappa shape index (κ3) is 5.88. The summed E-state index contributed by atoms with van der Waals surface area (Å²) in [5.41, 5.74) is 1.79. The molecule has 168 valence electrons. The summed E-state index contributed by atoms with van der Waals surface area (Å²) in [7, 11) is 0. The molecule has 2 aromatic carbocycles. The van der Waals surface area contributed by atoms with Crippen LogP contribution < -0.4 is 10.1 Å². The zero-order valence-corrected chi connectivity index (χ0v) is 19.1. The summed E-state index contributed by atoms with van der Waals surface area (Å²) in [5, 5.41) is 20.9. The molecule has 0 radical (unpaired) electrons. The quantitative estimate of drug-likeness (QED) is 0.437. The van der Waals surface area contributed by atoms with Crippen molar-refractivity contribution in [3.63, 3.8) is 0 Å². The Morgan fingerprint density at radius 3 is 2.56 bits per heavy atom. The molecule has 0 aliphatic rings. The number of carboxylic acids is 1. The Morgan fingerprint density at radius 2 is 1.91 bits per heavy atom. The number of amides is 1. The number of carboxylic acid groups (broad SMARTS) is 1. The molecular weight excluding hydrogens is 428 g/mol. The lowest BCUT2D eigenvalue weighted by Gasteiger charge is -2.16. The van der Waals surface area contributed by atoms with Crippen molar-refractivity contribution in [1.29, 1.82) is 0 Å². The van der Waals surface area contributed by atoms with Crippen LogP contribution in [0.1, 0.15) is 48.6 Å². The predicted octanol–water partition coefficient (Wildman–Crippen LogP) is 4.43. The molecule has 0 aliphatic carbocycles. The van der Waals surface area contributed by atoms with Crippen molar-refractivity contribution in [2.45, 2.75) is 45.0 Å². The number of carbonyl (C=O) groups excluding carboxylic acids is 1. The zero-order valence-electron chi connectivity index (χ0n) is 18.2. The molecule has 8 nitrogen and oxygen atoms in total. The van der Waals surface area contributed by atoms with Crippen molar-refractivity contribution in [2.24, 2.45) is 0 Å². The van der Waals surface area contributed by atoms with Gasteiger partial charge in [-0.3, -0.25) is 4.79 Å². The van der Waals surface area contributed by atoms with Gasteiger partial charge in [0.2, 0.25) is 5.91 Å². The second-order valence-corrected chi connectivity index (χ2v) is 8.01. The molecule has 0 saturated heterocycles. The van der Waals surface area contributed by atoms with Gasteiger partial charge >= 0.3 is 5.97 Å². The van der Waals surface area contributed by atoms with Crippen LogP contribution in [0.2, 0.25) is 0 Å². The average Bonchev–Trinajstić information content (AvgIpc) is 3.21. The fourth-order valence-electron chi connectivity index (χ4n) is 3.12. The van der Waals surface area contributed by atoms with Gasteiger partial charge in [0.15, 0.2) is 17.1 Å². The maximum Gasteiger partial charge on any atom is 0.335 e. The maximum atomic E-state index is 12.3. The number of benzene rings is 2. The molecule has 2 N–H and O–H groups in total. The Balaban J connectivity index is 1.62. The van der Waals surface area contributed by atoms with Crippen molar-refractivity contribution in [1.82, 2.24) is 14.8 Å². The average molecular weight is 455 g/mol. The van der Waals surface area contributed by atoms with Gasteiger partial charge in [-0.25, -0.2) is 4.79 Å². The third-order valence-corrected chi connectivity index (χ3v) is 5.76. The van der Waals surface area contributed by atoms with Crippen LogP contribution in [-0.2, 0) is 17.8 Å². The normalized spacial score (nSPS) is 11.7. The summed E-state index contributed by atoms with van der Waals surface area (Å²) in [4.78, 5) is 23.4. The number of aromatic carboxylic acids is 1. The van der Waals surface area contributed by atoms with E-state index in [1.807, 2.05) is 42.7 Å². The van der Waals surface area contributed by atoms with Crippen LogP contribution >= 0.6 is 11.8 Å². The topological polar surface area (TPSA) is 106 Å². The van der Waals surface area contributed by atoms with Gasteiger partial charge in [-0.05, 0) is 56.2 Å². The summed E-state index contributed by atoms with van der Waals surface area (Å²) >= 11 is 1.26. The molecule has 32 heavy (non-hydrogen) atoms. The fraction of sp³-hybridized carbons (Fsp3) is 0.304. The lowest BCUT2D eigenvalue weighted by atomic mass is 10.2. The molecule has 1 amide bonds. The lowest BCUT2D eigenvalue weighted by molar-refractivity contribution is -0.113. The van der Waals surface area contributed by atoms with Crippen LogP contribution in [0.5, 0.6) is 5.75 Å². The first-order chi connectivity index (χ1) is 15.4. The van der Waals surface area contributed by atoms with E-state index in [9.17, 15) is 9.59 Å². The highest BCUT2D eigenvalue weighted by molar-refractivity contribution is 7.99. The minimum Gasteiger partial charge on any atom is -0.483 e. The second-order valence-electron chi connectivity index (χ2n) is 7.07. The minimum absolute atomic E-state index is 0.114. The highest BCUT2D eigenvalue weighted by Gasteiger charge is 2.19. The Morgan fingerprint density at radius 1 is 1.16 bits per heavy atom. The number of aryl methyl sites for hydroxylation is 1. The van der Waals surface area contributed by atoms with Crippen molar-refractivity contribution in [3.8, 4) is 5.75 Å². The van der Waals surface area contributed by atoms with E-state index in [0.29, 0.717) is 23.2 Å². The number of anilines is 1. The summed E-state index contributed by atoms with van der Waals surface area (Å²) < 4.78 is 7.96. The standard InChI is InChI=1S/C23H26N4O4S/c1-4-16-9-11-19(12-10-16)31-15(3)21-25-26-23(27(21)5-2)32-14-20(28)24-18-8-6-7-17(13-18)22(29)30/h6-13,15H,4-5,14H2,1-3H3,(H,24,28)(H,29,30). The third-order valence-electron chi connectivity index (χ3n) is 4.80. The molecule has 0 fully saturated rings. The molecule has 0 saturated carbocycles. The molecule has 1 atom stereocenters. The molecule has 0 bridgehead atoms. The van der Waals surface area contributed by atoms with E-state index in [2.05, 4.69) is 22.4 Å². The van der Waals surface area contributed by atoms with E-state index in [-0.39, 0.29) is 23.3 Å². The number of hydrogen-bond acceptors (Lipinski definition) is 6. The maximum absolute atomic E-state index is 12.3. The van der Waals surface area contributed by atoms with Gasteiger partial charge in [0.05, 0.1) is 11.3 Å². The summed E-state index contributed by atoms with van der Waals surface area (Å²) in [6.07, 6.45) is 0.663. The van der Waals surface area contributed by atoms with Gasteiger partial charge in [0.1, 0.15) is 5.75 Å². The van der Waals surface area contributed by atoms with Gasteiger partial charge in [-0.1, -0.05) is 36.9 Å². The molecule has 3 aromatic rings. The number of carbonyl (C=O) groups is 2. The zero-order chi connectivity index (χ0) is 23.1. The predicted molar refractivity (Wildman–Crippen MR) is 123 cm³/mol. The summed E-state index contributed by atoms with van der Waals surface area (Å²) in [5.74, 6) is 0.256. The van der Waals surface area contributed by atoms with E-state index in [4.69, 9.17) is 9.84 Å². The minimum atomic E-state index is -1.04. The first kappa shape index (κ1) is 23.3. The summed E-state index contributed by atoms with van der Waals surface area (Å²) in [6, 6.07) is 14.1. The van der Waals surface area contributed by atoms with Crippen LogP contribution in [0.15, 0.2) is 53.7 Å². The molecule has 0 aliphatic heterocycles. The number of aromatic nitrogens is 3. The molecule has 0 spiro atoms. The first-order valence-corrected chi connectivity index (χ1v) is 11.3. The molecule has 1 aromatic heterocycles. The van der Waals surface area contributed by atoms with Gasteiger partial charge in [0, 0.05) is 12.2 Å². The van der Waals surface area contributed by atoms with Crippen molar-refractivity contribution < 1.29 is 19.4 Å². The number of hydrogen-bond donors (Lipinski definition) is 2. The smallest absolute Gasteiger partial charge is 0.335 e. The van der Waals surface area contributed by atoms with Crippen molar-refractivity contribution in [2.75, 3.05) is 11.1 Å². The van der Waals surface area contributed by atoms with Crippen LogP contribution in [0, 0.1) is 0 Å². The van der Waals surface area contributed by atoms with Crippen molar-refractivity contribution in [3.05, 3.63) is 65.5 Å². The van der Waals surface area contributed by atoms with Crippen molar-refractivity contribution >= 4 is 29.3 Å². The number of thioether (sulfide) groups is 1. The highest BCUT2D eigenvalue weighted by Crippen LogP contribution is 2.25. The number of ether oxygens (including phenoxy) is 1. The van der Waals surface area contributed by atoms with E-state index in [0.717, 1.165) is 12.2 Å². The Bertz CT molecular complexity index is 1080. The van der Waals surface area contributed by atoms with Crippen LogP contribution in [0.4, 0.5) is 5.69 Å². The summed E-state index contributed by atoms with van der Waals surface area (Å²) in [6.45, 7) is 6.64. The largest absolute Gasteiger partial charge is 0.483 e. The Kier molecular flexibility index (Phi) is 7.88. The Hall–Kier alpha value is -3.33. The van der Waals surface area contributed by atoms with E-state index >= 15 is 0 Å². The van der Waals surface area contributed by atoms with E-state index < -0.39 is 5.97 Å². The van der Waals surface area contributed by atoms with E-state index in [1.165, 1.54) is 29.5 Å². The number of rotatable bonds is 10. The molecule has 9 heteroatoms. The molecule has 1 heterocycles. The van der Waals surface area contributed by atoms with Crippen LogP contribution in [0.25, 0.3) is 0 Å². The number of nitrogens with one attached hydrogen (secondary N) is 1. The van der Waals surface area contributed by atoms with Crippen LogP contribution in [-0.4, -0.2) is 37.5 Å². The highest BCUT2D eigenvalue weighted by atomic mass is 32.2. The monoisotopic (exact) mass is 454 g/mol. The van der Waals surface area contributed by atoms with Gasteiger partial charge in [-0.2, -0.15) is 0 Å². The Labute approximate surface area is 191 Å². The van der Waals surface area contributed by atoms with E-state index in [1.54, 1.807) is 12.1 Å². The van der Waals surface area contributed by atoms with Gasteiger partial charge < -0.3 is 19.7 Å². The first-order valence-electron chi connectivity index (χ1n) is 10.4. The fourth-order valence-corrected chi connectivity index (χ4v) is 3.93. The second kappa shape index (κ2) is 10.8. The van der Waals surface area contributed by atoms with Crippen LogP contribution in [0.3, 0.4) is 0 Å². The van der Waals surface area contributed by atoms with Gasteiger partial charge in [0.25, 0.3) is 0 Å². The van der Waals surface area contributed by atoms with Gasteiger partial charge in [-0.15, -0.1) is 10.2 Å². The molecular formula is C23H26N4O4S. The SMILES string of the molecule is CCc1ccc(OC(C)c2nnc(SCC(=O)Nc3cccc(C(=O)O)c3)n2CC)cc1. The molecule has 1 unspecified atom stereocenters. The molecule has 3 rings (SSSR count).